The number of rotatable bonds is 6. The largest absolute Gasteiger partial charge is 0.480 e. The Balaban J connectivity index is 2.41. The van der Waals surface area contributed by atoms with Crippen molar-refractivity contribution in [2.45, 2.75) is 56.2 Å². The molecule has 0 aromatic rings. The number of carboxylic acid groups (broad SMARTS) is 1. The first-order chi connectivity index (χ1) is 9.03. The fourth-order valence-corrected chi connectivity index (χ4v) is 3.35. The van der Waals surface area contributed by atoms with E-state index in [0.29, 0.717) is 13.0 Å². The van der Waals surface area contributed by atoms with Gasteiger partial charge in [-0.25, -0.2) is 9.59 Å². The van der Waals surface area contributed by atoms with Crippen molar-refractivity contribution >= 4 is 23.8 Å². The van der Waals surface area contributed by atoms with Crippen molar-refractivity contribution in [3.8, 4) is 0 Å². The van der Waals surface area contributed by atoms with Gasteiger partial charge in [0.15, 0.2) is 0 Å². The van der Waals surface area contributed by atoms with Gasteiger partial charge < -0.3 is 15.7 Å². The predicted molar refractivity (Wildman–Crippen MR) is 77.6 cm³/mol. The first kappa shape index (κ1) is 16.1. The molecule has 0 saturated heterocycles. The van der Waals surface area contributed by atoms with Crippen LogP contribution in [0.25, 0.3) is 0 Å². The van der Waals surface area contributed by atoms with Gasteiger partial charge in [-0.05, 0) is 25.5 Å². The van der Waals surface area contributed by atoms with Gasteiger partial charge in [-0.1, -0.05) is 26.2 Å². The molecular formula is C13H24N2O3S. The van der Waals surface area contributed by atoms with Gasteiger partial charge >= 0.3 is 12.0 Å². The van der Waals surface area contributed by atoms with Crippen molar-refractivity contribution in [3.05, 3.63) is 0 Å². The minimum absolute atomic E-state index is 0.126. The molecule has 1 rings (SSSR count). The van der Waals surface area contributed by atoms with Crippen LogP contribution in [0.3, 0.4) is 0 Å². The zero-order chi connectivity index (χ0) is 14.3. The number of thioether (sulfide) groups is 1. The molecule has 110 valence electrons. The number of hydrogen-bond donors (Lipinski definition) is 3. The van der Waals surface area contributed by atoms with Gasteiger partial charge in [0.2, 0.25) is 0 Å². The molecule has 0 aromatic heterocycles. The van der Waals surface area contributed by atoms with Crippen molar-refractivity contribution in [1.29, 1.82) is 0 Å². The second kappa shape index (κ2) is 7.62. The topological polar surface area (TPSA) is 78.4 Å². The van der Waals surface area contributed by atoms with Gasteiger partial charge in [0.05, 0.1) is 0 Å². The third-order valence-electron chi connectivity index (χ3n) is 3.78. The SMILES string of the molecule is CCC(NC(=O)NCC1(SC)CCCCC1)C(=O)O. The molecule has 1 atom stereocenters. The average Bonchev–Trinajstić information content (AvgIpc) is 2.43. The summed E-state index contributed by atoms with van der Waals surface area (Å²) in [5.74, 6) is -0.991. The lowest BCUT2D eigenvalue weighted by molar-refractivity contribution is -0.139. The van der Waals surface area contributed by atoms with E-state index < -0.39 is 12.0 Å². The Labute approximate surface area is 118 Å². The van der Waals surface area contributed by atoms with E-state index in [1.165, 1.54) is 19.3 Å². The van der Waals surface area contributed by atoms with Crippen molar-refractivity contribution in [2.24, 2.45) is 0 Å². The van der Waals surface area contributed by atoms with Gasteiger partial charge in [0.25, 0.3) is 0 Å². The van der Waals surface area contributed by atoms with Crippen LogP contribution in [0.5, 0.6) is 0 Å². The van der Waals surface area contributed by atoms with Gasteiger partial charge in [0.1, 0.15) is 6.04 Å². The first-order valence-corrected chi connectivity index (χ1v) is 8.08. The fourth-order valence-electron chi connectivity index (χ4n) is 2.44. The average molecular weight is 288 g/mol. The van der Waals surface area contributed by atoms with Gasteiger partial charge in [0, 0.05) is 11.3 Å². The smallest absolute Gasteiger partial charge is 0.326 e. The third kappa shape index (κ3) is 4.93. The Morgan fingerprint density at radius 2 is 1.95 bits per heavy atom. The number of hydrogen-bond acceptors (Lipinski definition) is 3. The van der Waals surface area contributed by atoms with Crippen LogP contribution in [0.2, 0.25) is 0 Å². The number of nitrogens with one attached hydrogen (secondary N) is 2. The van der Waals surface area contributed by atoms with Gasteiger partial charge in [-0.15, -0.1) is 0 Å². The Hall–Kier alpha value is -0.910. The maximum absolute atomic E-state index is 11.7. The molecule has 1 unspecified atom stereocenters. The molecule has 6 heteroatoms. The molecular weight excluding hydrogens is 264 g/mol. The summed E-state index contributed by atoms with van der Waals surface area (Å²) in [7, 11) is 0. The highest BCUT2D eigenvalue weighted by atomic mass is 32.2. The van der Waals surface area contributed by atoms with Crippen LogP contribution in [-0.4, -0.2) is 40.7 Å². The summed E-state index contributed by atoms with van der Waals surface area (Å²) in [6, 6.07) is -1.19. The third-order valence-corrected chi connectivity index (χ3v) is 5.20. The quantitative estimate of drug-likeness (QED) is 0.700. The van der Waals surface area contributed by atoms with E-state index in [2.05, 4.69) is 16.9 Å². The molecule has 0 radical (unpaired) electrons. The molecule has 2 amide bonds. The number of aliphatic carboxylic acids is 1. The molecule has 19 heavy (non-hydrogen) atoms. The number of carbonyl (C=O) groups is 2. The lowest BCUT2D eigenvalue weighted by Gasteiger charge is -2.35. The molecule has 0 aromatic carbocycles. The highest BCUT2D eigenvalue weighted by Gasteiger charge is 2.31. The molecule has 0 bridgehead atoms. The van der Waals surface area contributed by atoms with Crippen LogP contribution in [0.1, 0.15) is 45.4 Å². The Morgan fingerprint density at radius 1 is 1.32 bits per heavy atom. The van der Waals surface area contributed by atoms with Gasteiger partial charge in [-0.2, -0.15) is 11.8 Å². The normalized spacial score (nSPS) is 19.5. The molecule has 1 aliphatic rings. The minimum Gasteiger partial charge on any atom is -0.480 e. The lowest BCUT2D eigenvalue weighted by atomic mass is 9.88. The van der Waals surface area contributed by atoms with Crippen molar-refractivity contribution in [3.63, 3.8) is 0 Å². The van der Waals surface area contributed by atoms with Crippen LogP contribution in [0.4, 0.5) is 4.79 Å². The van der Waals surface area contributed by atoms with Crippen LogP contribution in [-0.2, 0) is 4.79 Å². The number of carboxylic acids is 1. The number of carbonyl (C=O) groups excluding carboxylic acids is 1. The standard InChI is InChI=1S/C13H24N2O3S/c1-3-10(11(16)17)15-12(18)14-9-13(19-2)7-5-4-6-8-13/h10H,3-9H2,1-2H3,(H,16,17)(H2,14,15,18). The van der Waals surface area contributed by atoms with Crippen molar-refractivity contribution < 1.29 is 14.7 Å². The molecule has 5 nitrogen and oxygen atoms in total. The second-order valence-corrected chi connectivity index (χ2v) is 6.35. The van der Waals surface area contributed by atoms with E-state index in [0.717, 1.165) is 12.8 Å². The summed E-state index contributed by atoms with van der Waals surface area (Å²) in [5.41, 5.74) is 0. The maximum atomic E-state index is 11.7. The predicted octanol–water partition coefficient (Wildman–Crippen LogP) is 2.21. The molecule has 0 aliphatic heterocycles. The zero-order valence-corrected chi connectivity index (χ0v) is 12.5. The molecule has 1 fully saturated rings. The van der Waals surface area contributed by atoms with Gasteiger partial charge in [-0.3, -0.25) is 0 Å². The summed E-state index contributed by atoms with van der Waals surface area (Å²) >= 11 is 1.81. The fraction of sp³-hybridized carbons (Fsp3) is 0.846. The van der Waals surface area contributed by atoms with E-state index >= 15 is 0 Å². The summed E-state index contributed by atoms with van der Waals surface area (Å²) in [6.07, 6.45) is 8.38. The van der Waals surface area contributed by atoms with Crippen LogP contribution in [0.15, 0.2) is 0 Å². The van der Waals surface area contributed by atoms with Crippen LogP contribution < -0.4 is 10.6 Å². The highest BCUT2D eigenvalue weighted by molar-refractivity contribution is 8.00. The number of urea groups is 1. The minimum atomic E-state index is -0.991. The molecule has 1 saturated carbocycles. The maximum Gasteiger partial charge on any atom is 0.326 e. The molecule has 0 spiro atoms. The molecule has 3 N–H and O–H groups in total. The Kier molecular flexibility index (Phi) is 6.48. The van der Waals surface area contributed by atoms with E-state index in [4.69, 9.17) is 5.11 Å². The molecule has 1 aliphatic carbocycles. The monoisotopic (exact) mass is 288 g/mol. The summed E-state index contributed by atoms with van der Waals surface area (Å²) in [6.45, 7) is 2.35. The number of amides is 2. The molecule has 0 heterocycles. The van der Waals surface area contributed by atoms with Crippen molar-refractivity contribution in [1.82, 2.24) is 10.6 Å². The van der Waals surface area contributed by atoms with E-state index in [1.807, 2.05) is 11.8 Å². The Bertz CT molecular complexity index is 317. The van der Waals surface area contributed by atoms with Crippen LogP contribution in [0, 0.1) is 0 Å². The summed E-state index contributed by atoms with van der Waals surface area (Å²) < 4.78 is 0.126. The summed E-state index contributed by atoms with van der Waals surface area (Å²) in [4.78, 5) is 22.6. The van der Waals surface area contributed by atoms with E-state index in [9.17, 15) is 9.59 Å². The van der Waals surface area contributed by atoms with Crippen LogP contribution >= 0.6 is 11.8 Å². The van der Waals surface area contributed by atoms with E-state index in [-0.39, 0.29) is 10.8 Å². The highest BCUT2D eigenvalue weighted by Crippen LogP contribution is 2.37. The van der Waals surface area contributed by atoms with Crippen molar-refractivity contribution in [2.75, 3.05) is 12.8 Å². The van der Waals surface area contributed by atoms with E-state index in [1.54, 1.807) is 6.92 Å². The Morgan fingerprint density at radius 3 is 2.42 bits per heavy atom. The zero-order valence-electron chi connectivity index (χ0n) is 11.7. The lowest BCUT2D eigenvalue weighted by Crippen LogP contribution is -2.49. The second-order valence-electron chi connectivity index (χ2n) is 5.07. The first-order valence-electron chi connectivity index (χ1n) is 6.85. The summed E-state index contributed by atoms with van der Waals surface area (Å²) in [5, 5.41) is 14.2.